The Morgan fingerprint density at radius 1 is 1.24 bits per heavy atom. The molecule has 0 radical (unpaired) electrons. The van der Waals surface area contributed by atoms with Crippen LogP contribution >= 0.6 is 22.6 Å². The van der Waals surface area contributed by atoms with Crippen molar-refractivity contribution < 1.29 is 17.9 Å². The lowest BCUT2D eigenvalue weighted by molar-refractivity contribution is -0.124. The minimum atomic E-state index is -3.46. The van der Waals surface area contributed by atoms with E-state index in [0.29, 0.717) is 31.7 Å². The maximum Gasteiger partial charge on any atom is 0.239 e. The normalized spacial score (nSPS) is 24.3. The summed E-state index contributed by atoms with van der Waals surface area (Å²) in [5.74, 6) is -0.701. The molecule has 0 amide bonds. The molecule has 1 aromatic carbocycles. The van der Waals surface area contributed by atoms with E-state index in [1.165, 1.54) is 0 Å². The second kappa shape index (κ2) is 5.86. The van der Waals surface area contributed by atoms with Gasteiger partial charge in [0.2, 0.25) is 10.0 Å². The summed E-state index contributed by atoms with van der Waals surface area (Å²) < 4.78 is 39.6. The van der Waals surface area contributed by atoms with Crippen molar-refractivity contribution in [3.05, 3.63) is 40.0 Å². The van der Waals surface area contributed by atoms with Gasteiger partial charge in [0.25, 0.3) is 0 Å². The van der Waals surface area contributed by atoms with Gasteiger partial charge in [0.05, 0.1) is 24.2 Å². The number of sulfonamides is 1. The second-order valence-electron chi connectivity index (χ2n) is 5.07. The fraction of sp³-hybridized carbons (Fsp3) is 0.429. The number of hydrogen-bond acceptors (Lipinski definition) is 4. The molecule has 1 aromatic rings. The molecule has 0 bridgehead atoms. The van der Waals surface area contributed by atoms with Crippen molar-refractivity contribution >= 4 is 38.3 Å². The summed E-state index contributed by atoms with van der Waals surface area (Å²) >= 11 is 2.11. The third-order valence-electron chi connectivity index (χ3n) is 3.64. The van der Waals surface area contributed by atoms with Crippen molar-refractivity contribution in [1.82, 2.24) is 0 Å². The first-order valence-electron chi connectivity index (χ1n) is 6.74. The summed E-state index contributed by atoms with van der Waals surface area (Å²) in [5, 5.41) is -0.563. The molecule has 1 fully saturated rings. The molecule has 114 valence electrons. The van der Waals surface area contributed by atoms with E-state index < -0.39 is 21.1 Å². The minimum Gasteiger partial charge on any atom is -0.344 e. The summed E-state index contributed by atoms with van der Waals surface area (Å²) in [7, 11) is -3.46. The van der Waals surface area contributed by atoms with Crippen LogP contribution in [0, 0.1) is 3.57 Å². The zero-order chi connectivity index (χ0) is 14.9. The van der Waals surface area contributed by atoms with E-state index in [-0.39, 0.29) is 0 Å². The molecule has 1 N–H and O–H groups in total. The van der Waals surface area contributed by atoms with Gasteiger partial charge in [-0.05, 0) is 47.2 Å². The molecule has 1 atom stereocenters. The van der Waals surface area contributed by atoms with Gasteiger partial charge >= 0.3 is 0 Å². The molecule has 7 heteroatoms. The first-order valence-corrected chi connectivity index (χ1v) is 9.37. The van der Waals surface area contributed by atoms with Gasteiger partial charge in [-0.25, -0.2) is 8.42 Å². The summed E-state index contributed by atoms with van der Waals surface area (Å²) in [5.41, 5.74) is 0.611. The zero-order valence-corrected chi connectivity index (χ0v) is 14.3. The number of hydrogen-bond donors (Lipinski definition) is 1. The molecule has 21 heavy (non-hydrogen) atoms. The Balaban J connectivity index is 1.76. The minimum absolute atomic E-state index is 0.481. The number of nitrogens with one attached hydrogen (secondary N) is 1. The molecule has 1 spiro atoms. The van der Waals surface area contributed by atoms with E-state index in [0.717, 1.165) is 3.57 Å². The van der Waals surface area contributed by atoms with Gasteiger partial charge < -0.3 is 9.47 Å². The van der Waals surface area contributed by atoms with Crippen molar-refractivity contribution in [2.75, 3.05) is 17.9 Å². The van der Waals surface area contributed by atoms with Crippen LogP contribution in [0.4, 0.5) is 5.69 Å². The van der Waals surface area contributed by atoms with E-state index in [1.54, 1.807) is 18.2 Å². The first-order chi connectivity index (χ1) is 10.0. The van der Waals surface area contributed by atoms with Crippen molar-refractivity contribution in [3.63, 3.8) is 0 Å². The van der Waals surface area contributed by atoms with Crippen molar-refractivity contribution in [3.8, 4) is 0 Å². The summed E-state index contributed by atoms with van der Waals surface area (Å²) in [6.45, 7) is 1.12. The predicted molar refractivity (Wildman–Crippen MR) is 88.5 cm³/mol. The zero-order valence-electron chi connectivity index (χ0n) is 11.3. The molecule has 0 aromatic heterocycles. The van der Waals surface area contributed by atoms with Crippen molar-refractivity contribution in [1.29, 1.82) is 0 Å². The molecular formula is C14H16INO4S. The van der Waals surface area contributed by atoms with Crippen LogP contribution < -0.4 is 4.72 Å². The summed E-state index contributed by atoms with van der Waals surface area (Å²) in [6.07, 6.45) is 4.45. The standard InChI is InChI=1S/C14H16INO4S/c15-12-3-1-2-4-13(12)16-21(17,18)11-5-7-14(8-6-11)19-9-10-20-14/h1-5,7,11,16H,6,8-10H2. The van der Waals surface area contributed by atoms with E-state index in [2.05, 4.69) is 27.3 Å². The van der Waals surface area contributed by atoms with Crippen molar-refractivity contribution in [2.45, 2.75) is 23.9 Å². The smallest absolute Gasteiger partial charge is 0.239 e. The lowest BCUT2D eigenvalue weighted by atomic mass is 10.0. The lowest BCUT2D eigenvalue weighted by Gasteiger charge is -2.30. The number of halogens is 1. The summed E-state index contributed by atoms with van der Waals surface area (Å²) in [4.78, 5) is 0. The highest BCUT2D eigenvalue weighted by molar-refractivity contribution is 14.1. The monoisotopic (exact) mass is 421 g/mol. The third-order valence-corrected chi connectivity index (χ3v) is 6.28. The van der Waals surface area contributed by atoms with E-state index >= 15 is 0 Å². The maximum absolute atomic E-state index is 12.5. The average molecular weight is 421 g/mol. The van der Waals surface area contributed by atoms with Crippen LogP contribution in [0.3, 0.4) is 0 Å². The molecule has 3 rings (SSSR count). The van der Waals surface area contributed by atoms with Crippen LogP contribution in [0.15, 0.2) is 36.4 Å². The SMILES string of the molecule is O=S(=O)(Nc1ccccc1I)C1C=CC2(CC1)OCCO2. The van der Waals surface area contributed by atoms with Gasteiger partial charge in [-0.2, -0.15) is 0 Å². The number of anilines is 1. The Bertz CT molecular complexity index is 653. The lowest BCUT2D eigenvalue weighted by Crippen LogP contribution is -2.36. The molecule has 5 nitrogen and oxygen atoms in total. The number of ether oxygens (including phenoxy) is 2. The van der Waals surface area contributed by atoms with E-state index in [4.69, 9.17) is 9.47 Å². The maximum atomic E-state index is 12.5. The topological polar surface area (TPSA) is 64.6 Å². The molecule has 1 heterocycles. The van der Waals surface area contributed by atoms with Crippen molar-refractivity contribution in [2.24, 2.45) is 0 Å². The van der Waals surface area contributed by atoms with Gasteiger partial charge in [-0.3, -0.25) is 4.72 Å². The molecule has 1 saturated heterocycles. The Kier molecular flexibility index (Phi) is 4.26. The largest absolute Gasteiger partial charge is 0.344 e. The summed E-state index contributed by atoms with van der Waals surface area (Å²) in [6, 6.07) is 7.31. The van der Waals surface area contributed by atoms with Gasteiger partial charge in [0.1, 0.15) is 0 Å². The number of para-hydroxylation sites is 1. The van der Waals surface area contributed by atoms with Crippen LogP contribution in [-0.4, -0.2) is 32.7 Å². The Labute approximate surface area is 137 Å². The highest BCUT2D eigenvalue weighted by atomic mass is 127. The highest BCUT2D eigenvalue weighted by Gasteiger charge is 2.39. The van der Waals surface area contributed by atoms with Gasteiger partial charge in [0, 0.05) is 9.99 Å². The third kappa shape index (κ3) is 3.25. The molecule has 0 saturated carbocycles. The van der Waals surface area contributed by atoms with Gasteiger partial charge in [0.15, 0.2) is 5.79 Å². The van der Waals surface area contributed by atoms with Gasteiger partial charge in [-0.1, -0.05) is 18.2 Å². The average Bonchev–Trinajstić information content (AvgIpc) is 2.90. The van der Waals surface area contributed by atoms with Crippen LogP contribution in [0.25, 0.3) is 0 Å². The van der Waals surface area contributed by atoms with E-state index in [1.807, 2.05) is 18.2 Å². The number of rotatable bonds is 3. The fourth-order valence-corrected chi connectivity index (χ4v) is 4.57. The highest BCUT2D eigenvalue weighted by Crippen LogP contribution is 2.33. The predicted octanol–water partition coefficient (Wildman–Crippen LogP) is 2.49. The Morgan fingerprint density at radius 2 is 1.95 bits per heavy atom. The second-order valence-corrected chi connectivity index (χ2v) is 8.13. The molecular weight excluding hydrogens is 405 g/mol. The Morgan fingerprint density at radius 3 is 2.57 bits per heavy atom. The first kappa shape index (κ1) is 15.3. The van der Waals surface area contributed by atoms with Crippen LogP contribution in [0.2, 0.25) is 0 Å². The number of benzene rings is 1. The quantitative estimate of drug-likeness (QED) is 0.602. The van der Waals surface area contributed by atoms with Gasteiger partial charge in [-0.15, -0.1) is 0 Å². The van der Waals surface area contributed by atoms with Crippen LogP contribution in [-0.2, 0) is 19.5 Å². The Hall–Kier alpha value is -0.640. The van der Waals surface area contributed by atoms with Crippen LogP contribution in [0.1, 0.15) is 12.8 Å². The molecule has 1 aliphatic carbocycles. The van der Waals surface area contributed by atoms with Crippen LogP contribution in [0.5, 0.6) is 0 Å². The molecule has 2 aliphatic rings. The fourth-order valence-electron chi connectivity index (χ4n) is 2.52. The molecule has 1 aliphatic heterocycles. The molecule has 1 unspecified atom stereocenters. The van der Waals surface area contributed by atoms with E-state index in [9.17, 15) is 8.42 Å².